The van der Waals surface area contributed by atoms with Gasteiger partial charge in [-0.15, -0.1) is 11.3 Å². The molecule has 3 aliphatic rings. The van der Waals surface area contributed by atoms with Gasteiger partial charge in [-0.05, 0) is 69.5 Å². The van der Waals surface area contributed by atoms with Crippen LogP contribution in [0.15, 0.2) is 53.9 Å². The van der Waals surface area contributed by atoms with Crippen LogP contribution < -0.4 is 15.4 Å². The first kappa shape index (κ1) is 35.3. The topological polar surface area (TPSA) is 169 Å². The quantitative estimate of drug-likeness (QED) is 0.320. The van der Waals surface area contributed by atoms with E-state index in [-0.39, 0.29) is 37.8 Å². The number of aliphatic carboxylic acids is 1. The fraction of sp³-hybridized carbons (Fsp3) is 0.500. The number of amides is 3. The largest absolute Gasteiger partial charge is 0.479 e. The molecule has 14 heteroatoms. The molecule has 13 nitrogen and oxygen atoms in total. The number of nitrogens with zero attached hydrogens (tertiary/aromatic N) is 3. The zero-order valence-corrected chi connectivity index (χ0v) is 29.4. The second-order valence-corrected chi connectivity index (χ2v) is 15.1. The third-order valence-corrected chi connectivity index (χ3v) is 10.1. The molecule has 0 bridgehead atoms. The van der Waals surface area contributed by atoms with E-state index in [2.05, 4.69) is 10.6 Å². The molecule has 6 atom stereocenters. The predicted octanol–water partition coefficient (Wildman–Crippen LogP) is 4.56. The molecule has 0 radical (unpaired) electrons. The van der Waals surface area contributed by atoms with Gasteiger partial charge in [0.1, 0.15) is 35.0 Å². The summed E-state index contributed by atoms with van der Waals surface area (Å²) < 4.78 is 17.8. The lowest BCUT2D eigenvalue weighted by Gasteiger charge is -2.32. The molecule has 1 saturated carbocycles. The minimum atomic E-state index is -1.50. The van der Waals surface area contributed by atoms with Crippen LogP contribution in [0.1, 0.15) is 53.4 Å². The van der Waals surface area contributed by atoms with E-state index >= 15 is 0 Å². The molecular formula is C36H43N5O8S. The van der Waals surface area contributed by atoms with Gasteiger partial charge in [0.15, 0.2) is 0 Å². The van der Waals surface area contributed by atoms with E-state index < -0.39 is 59.1 Å². The number of nitrogens with one attached hydrogen (secondary N) is 2. The van der Waals surface area contributed by atoms with Crippen molar-refractivity contribution in [2.24, 2.45) is 11.8 Å². The lowest BCUT2D eigenvalue weighted by Crippen LogP contribution is -2.58. The van der Waals surface area contributed by atoms with Crippen molar-refractivity contribution in [3.05, 3.63) is 53.9 Å². The van der Waals surface area contributed by atoms with Crippen molar-refractivity contribution < 1.29 is 38.5 Å². The zero-order valence-electron chi connectivity index (χ0n) is 28.6. The van der Waals surface area contributed by atoms with E-state index in [1.165, 1.54) is 16.2 Å². The number of rotatable bonds is 5. The number of hydrogen-bond acceptors (Lipinski definition) is 10. The van der Waals surface area contributed by atoms with E-state index in [1.54, 1.807) is 32.9 Å². The number of hydrogen-bond donors (Lipinski definition) is 3. The van der Waals surface area contributed by atoms with Crippen LogP contribution in [-0.4, -0.2) is 92.9 Å². The van der Waals surface area contributed by atoms with E-state index in [1.807, 2.05) is 48.7 Å². The smallest absolute Gasteiger partial charge is 0.408 e. The van der Waals surface area contributed by atoms with Gasteiger partial charge in [0.2, 0.25) is 17.7 Å². The maximum absolute atomic E-state index is 14.5. The lowest BCUT2D eigenvalue weighted by molar-refractivity contribution is -0.146. The molecular weight excluding hydrogens is 662 g/mol. The highest BCUT2D eigenvalue weighted by Gasteiger charge is 2.61. The van der Waals surface area contributed by atoms with E-state index in [0.717, 1.165) is 4.88 Å². The maximum atomic E-state index is 14.5. The summed E-state index contributed by atoms with van der Waals surface area (Å²) in [5.74, 6) is -2.80. The molecule has 0 spiro atoms. The van der Waals surface area contributed by atoms with Crippen LogP contribution in [0.4, 0.5) is 4.79 Å². The van der Waals surface area contributed by atoms with Crippen LogP contribution in [0, 0.1) is 11.8 Å². The lowest BCUT2D eigenvalue weighted by atomic mass is 9.95. The molecule has 266 valence electrons. The predicted molar refractivity (Wildman–Crippen MR) is 186 cm³/mol. The van der Waals surface area contributed by atoms with Crippen molar-refractivity contribution in [1.82, 2.24) is 25.5 Å². The Hall–Kier alpha value is -4.56. The Labute approximate surface area is 294 Å². The molecule has 2 fully saturated rings. The Morgan fingerprint density at radius 3 is 2.60 bits per heavy atom. The van der Waals surface area contributed by atoms with Gasteiger partial charge in [0.05, 0.1) is 29.1 Å². The number of ether oxygens (including phenoxy) is 3. The molecule has 50 heavy (non-hydrogen) atoms. The third kappa shape index (κ3) is 7.76. The van der Waals surface area contributed by atoms with Gasteiger partial charge in [-0.3, -0.25) is 9.59 Å². The molecule has 1 aromatic carbocycles. The first-order valence-electron chi connectivity index (χ1n) is 16.9. The highest BCUT2D eigenvalue weighted by molar-refractivity contribution is 7.13. The highest BCUT2D eigenvalue weighted by atomic mass is 32.1. The van der Waals surface area contributed by atoms with Gasteiger partial charge in [0.25, 0.3) is 0 Å². The van der Waals surface area contributed by atoms with Crippen LogP contribution in [0.25, 0.3) is 21.6 Å². The van der Waals surface area contributed by atoms with Gasteiger partial charge in [-0.25, -0.2) is 19.6 Å². The van der Waals surface area contributed by atoms with Crippen LogP contribution >= 0.6 is 11.3 Å². The second kappa shape index (κ2) is 14.4. The Balaban J connectivity index is 1.34. The molecule has 4 heterocycles. The SMILES string of the molecule is CC1CCCOC/C=C\C2CC2(C(=O)O)NC(=O)C2C[C@@H](Oc3nc4ccccc4nc3-c3cccs3)CN2C(=O)[C@@H]1NC(=O)OC(C)(C)C. The Bertz CT molecular complexity index is 1780. The molecule has 6 rings (SSSR count). The highest BCUT2D eigenvalue weighted by Crippen LogP contribution is 2.45. The number of carbonyl (C=O) groups is 4. The third-order valence-electron chi connectivity index (χ3n) is 9.20. The fourth-order valence-electron chi connectivity index (χ4n) is 6.54. The molecule has 3 aromatic rings. The number of benzene rings is 1. The number of para-hydroxylation sites is 2. The first-order valence-corrected chi connectivity index (χ1v) is 17.8. The van der Waals surface area contributed by atoms with Crippen molar-refractivity contribution in [3.8, 4) is 16.5 Å². The van der Waals surface area contributed by atoms with Crippen LogP contribution in [-0.2, 0) is 23.9 Å². The molecule has 1 aliphatic carbocycles. The van der Waals surface area contributed by atoms with E-state index in [9.17, 15) is 24.3 Å². The van der Waals surface area contributed by atoms with Crippen molar-refractivity contribution >= 4 is 46.2 Å². The van der Waals surface area contributed by atoms with Crippen molar-refractivity contribution in [2.75, 3.05) is 19.8 Å². The Morgan fingerprint density at radius 1 is 1.14 bits per heavy atom. The van der Waals surface area contributed by atoms with Gasteiger partial charge in [-0.1, -0.05) is 37.3 Å². The Morgan fingerprint density at radius 2 is 1.90 bits per heavy atom. The summed E-state index contributed by atoms with van der Waals surface area (Å²) >= 11 is 1.48. The van der Waals surface area contributed by atoms with Gasteiger partial charge >= 0.3 is 12.1 Å². The molecule has 2 aromatic heterocycles. The van der Waals surface area contributed by atoms with Crippen molar-refractivity contribution in [2.45, 2.75) is 82.7 Å². The Kier molecular flexibility index (Phi) is 10.1. The molecule has 1 saturated heterocycles. The number of carboxylic acid groups (broad SMARTS) is 1. The van der Waals surface area contributed by atoms with E-state index in [0.29, 0.717) is 36.2 Å². The first-order chi connectivity index (χ1) is 23.8. The van der Waals surface area contributed by atoms with Gasteiger partial charge < -0.3 is 34.9 Å². The van der Waals surface area contributed by atoms with E-state index in [4.69, 9.17) is 24.2 Å². The normalized spacial score (nSPS) is 28.2. The fourth-order valence-corrected chi connectivity index (χ4v) is 7.25. The van der Waals surface area contributed by atoms with Crippen LogP contribution in [0.5, 0.6) is 5.88 Å². The maximum Gasteiger partial charge on any atom is 0.408 e. The number of aromatic nitrogens is 2. The summed E-state index contributed by atoms with van der Waals surface area (Å²) in [6.07, 6.45) is 3.50. The number of carboxylic acids is 1. The number of fused-ring (bicyclic) bond motifs is 3. The van der Waals surface area contributed by atoms with Crippen LogP contribution in [0.3, 0.4) is 0 Å². The van der Waals surface area contributed by atoms with Gasteiger partial charge in [0, 0.05) is 18.9 Å². The van der Waals surface area contributed by atoms with Crippen molar-refractivity contribution in [3.63, 3.8) is 0 Å². The summed E-state index contributed by atoms with van der Waals surface area (Å²) in [4.78, 5) is 66.0. The molecule has 4 unspecified atom stereocenters. The average molecular weight is 706 g/mol. The summed E-state index contributed by atoms with van der Waals surface area (Å²) in [5, 5.41) is 17.7. The number of thiophene rings is 1. The summed E-state index contributed by atoms with van der Waals surface area (Å²) in [6, 6.07) is 9.12. The summed E-state index contributed by atoms with van der Waals surface area (Å²) in [6.45, 7) is 7.73. The minimum absolute atomic E-state index is 0.0129. The summed E-state index contributed by atoms with van der Waals surface area (Å²) in [7, 11) is 0. The molecule has 3 N–H and O–H groups in total. The monoisotopic (exact) mass is 705 g/mol. The van der Waals surface area contributed by atoms with Crippen molar-refractivity contribution in [1.29, 1.82) is 0 Å². The standard InChI is InChI=1S/C36H43N5O8S/c1-21-10-7-15-47-16-8-11-22-19-36(22,33(44)45)40-30(42)26-18-23(20-41(26)32(43)28(21)39-34(46)49-35(2,3)4)48-31-29(27-14-9-17-50-27)37-24-12-5-6-13-25(24)38-31/h5-6,8-9,11-14,17,21-23,26,28H,7,10,15-16,18-20H2,1-4H3,(H,39,46)(H,40,42)(H,44,45)/b11-8-/t21?,22?,23-,26?,28-,36?/m1/s1. The number of alkyl carbamates (subject to hydrolysis) is 1. The zero-order chi connectivity index (χ0) is 35.6. The summed E-state index contributed by atoms with van der Waals surface area (Å²) in [5.41, 5.74) is -0.465. The average Bonchev–Trinajstić information content (AvgIpc) is 3.37. The molecule has 2 aliphatic heterocycles. The minimum Gasteiger partial charge on any atom is -0.479 e. The van der Waals surface area contributed by atoms with Crippen LogP contribution in [0.2, 0.25) is 0 Å². The second-order valence-electron chi connectivity index (χ2n) is 14.1. The van der Waals surface area contributed by atoms with Gasteiger partial charge in [-0.2, -0.15) is 0 Å². The number of carbonyl (C=O) groups excluding carboxylic acids is 3. The molecule has 3 amide bonds.